The standard InChI is InChI=1S/C11H11ClN2O/c1-8-11(12)10(7-15)13-14(8)9-5-3-2-4-6-9/h2-6,15H,7H2,1H3. The molecule has 2 aromatic rings. The predicted molar refractivity (Wildman–Crippen MR) is 59.2 cm³/mol. The quantitative estimate of drug-likeness (QED) is 0.847. The van der Waals surface area contributed by atoms with E-state index < -0.39 is 0 Å². The number of rotatable bonds is 2. The van der Waals surface area contributed by atoms with Gasteiger partial charge in [-0.25, -0.2) is 4.68 Å². The molecule has 78 valence electrons. The Morgan fingerprint density at radius 1 is 1.33 bits per heavy atom. The summed E-state index contributed by atoms with van der Waals surface area (Å²) >= 11 is 6.02. The molecular weight excluding hydrogens is 212 g/mol. The van der Waals surface area contributed by atoms with E-state index in [1.165, 1.54) is 0 Å². The molecule has 0 saturated heterocycles. The largest absolute Gasteiger partial charge is 0.390 e. The molecule has 0 aliphatic carbocycles. The van der Waals surface area contributed by atoms with Crippen molar-refractivity contribution >= 4 is 11.6 Å². The zero-order chi connectivity index (χ0) is 10.8. The maximum absolute atomic E-state index is 9.04. The highest BCUT2D eigenvalue weighted by molar-refractivity contribution is 6.31. The monoisotopic (exact) mass is 222 g/mol. The average Bonchev–Trinajstić information content (AvgIpc) is 2.57. The lowest BCUT2D eigenvalue weighted by Gasteiger charge is -2.02. The van der Waals surface area contributed by atoms with Gasteiger partial charge in [-0.3, -0.25) is 0 Å². The summed E-state index contributed by atoms with van der Waals surface area (Å²) in [5, 5.41) is 13.8. The number of hydrogen-bond acceptors (Lipinski definition) is 2. The molecule has 0 aliphatic heterocycles. The Bertz CT molecular complexity index is 465. The first kappa shape index (κ1) is 10.2. The predicted octanol–water partition coefficient (Wildman–Crippen LogP) is 2.33. The molecule has 1 N–H and O–H groups in total. The Labute approximate surface area is 92.9 Å². The first-order valence-electron chi connectivity index (χ1n) is 4.64. The van der Waals surface area contributed by atoms with Crippen LogP contribution < -0.4 is 0 Å². The summed E-state index contributed by atoms with van der Waals surface area (Å²) in [6.07, 6.45) is 0. The van der Waals surface area contributed by atoms with Crippen molar-refractivity contribution < 1.29 is 5.11 Å². The maximum Gasteiger partial charge on any atom is 0.107 e. The van der Waals surface area contributed by atoms with Gasteiger partial charge in [0.05, 0.1) is 23.0 Å². The van der Waals surface area contributed by atoms with Gasteiger partial charge in [0.1, 0.15) is 5.69 Å². The van der Waals surface area contributed by atoms with Crippen molar-refractivity contribution in [3.05, 3.63) is 46.7 Å². The van der Waals surface area contributed by atoms with Gasteiger partial charge in [0, 0.05) is 0 Å². The molecule has 1 aromatic heterocycles. The van der Waals surface area contributed by atoms with Gasteiger partial charge in [-0.2, -0.15) is 5.10 Å². The second-order valence-electron chi connectivity index (χ2n) is 3.25. The molecule has 2 rings (SSSR count). The molecule has 3 nitrogen and oxygen atoms in total. The third-order valence-electron chi connectivity index (χ3n) is 2.26. The van der Waals surface area contributed by atoms with Gasteiger partial charge in [0.25, 0.3) is 0 Å². The van der Waals surface area contributed by atoms with Crippen LogP contribution in [0.15, 0.2) is 30.3 Å². The van der Waals surface area contributed by atoms with Crippen molar-refractivity contribution in [2.24, 2.45) is 0 Å². The molecule has 0 fully saturated rings. The summed E-state index contributed by atoms with van der Waals surface area (Å²) in [4.78, 5) is 0. The molecule has 0 unspecified atom stereocenters. The van der Waals surface area contributed by atoms with Gasteiger partial charge in [-0.05, 0) is 19.1 Å². The molecule has 0 spiro atoms. The molecule has 0 atom stereocenters. The molecular formula is C11H11ClN2O. The molecule has 0 radical (unpaired) electrons. The zero-order valence-corrected chi connectivity index (χ0v) is 9.07. The molecule has 4 heteroatoms. The smallest absolute Gasteiger partial charge is 0.107 e. The summed E-state index contributed by atoms with van der Waals surface area (Å²) in [5.74, 6) is 0. The van der Waals surface area contributed by atoms with E-state index in [0.717, 1.165) is 11.4 Å². The summed E-state index contributed by atoms with van der Waals surface area (Å²) in [6.45, 7) is 1.74. The fourth-order valence-corrected chi connectivity index (χ4v) is 1.64. The van der Waals surface area contributed by atoms with Crippen LogP contribution >= 0.6 is 11.6 Å². The Kier molecular flexibility index (Phi) is 2.75. The van der Waals surface area contributed by atoms with E-state index in [1.54, 1.807) is 4.68 Å². The third-order valence-corrected chi connectivity index (χ3v) is 2.75. The second-order valence-corrected chi connectivity index (χ2v) is 3.63. The first-order valence-corrected chi connectivity index (χ1v) is 5.02. The number of hydrogen-bond donors (Lipinski definition) is 1. The van der Waals surface area contributed by atoms with Crippen LogP contribution in [0, 0.1) is 6.92 Å². The Morgan fingerprint density at radius 2 is 2.00 bits per heavy atom. The van der Waals surface area contributed by atoms with E-state index >= 15 is 0 Å². The molecule has 1 heterocycles. The molecule has 0 saturated carbocycles. The molecule has 0 amide bonds. The number of aliphatic hydroxyl groups is 1. The Balaban J connectivity index is 2.55. The zero-order valence-electron chi connectivity index (χ0n) is 8.31. The van der Waals surface area contributed by atoms with Crippen LogP contribution in [-0.4, -0.2) is 14.9 Å². The summed E-state index contributed by atoms with van der Waals surface area (Å²) in [5.41, 5.74) is 2.29. The lowest BCUT2D eigenvalue weighted by molar-refractivity contribution is 0.276. The highest BCUT2D eigenvalue weighted by Crippen LogP contribution is 2.22. The normalized spacial score (nSPS) is 10.6. The van der Waals surface area contributed by atoms with Crippen molar-refractivity contribution in [2.45, 2.75) is 13.5 Å². The SMILES string of the molecule is Cc1c(Cl)c(CO)nn1-c1ccccc1. The van der Waals surface area contributed by atoms with E-state index in [1.807, 2.05) is 37.3 Å². The van der Waals surface area contributed by atoms with E-state index in [9.17, 15) is 0 Å². The highest BCUT2D eigenvalue weighted by atomic mass is 35.5. The third kappa shape index (κ3) is 1.76. The maximum atomic E-state index is 9.04. The molecule has 1 aromatic carbocycles. The summed E-state index contributed by atoms with van der Waals surface area (Å²) in [7, 11) is 0. The molecule has 15 heavy (non-hydrogen) atoms. The van der Waals surface area contributed by atoms with Gasteiger partial charge in [-0.1, -0.05) is 29.8 Å². The molecule has 0 aliphatic rings. The fourth-order valence-electron chi connectivity index (χ4n) is 1.46. The van der Waals surface area contributed by atoms with Crippen molar-refractivity contribution in [2.75, 3.05) is 0 Å². The lowest BCUT2D eigenvalue weighted by Crippen LogP contribution is -1.98. The Hall–Kier alpha value is -1.32. The van der Waals surface area contributed by atoms with Gasteiger partial charge in [0.15, 0.2) is 0 Å². The number of aromatic nitrogens is 2. The van der Waals surface area contributed by atoms with E-state index in [0.29, 0.717) is 10.7 Å². The lowest BCUT2D eigenvalue weighted by atomic mass is 10.3. The minimum absolute atomic E-state index is 0.139. The first-order chi connectivity index (χ1) is 7.24. The highest BCUT2D eigenvalue weighted by Gasteiger charge is 2.12. The minimum atomic E-state index is -0.139. The summed E-state index contributed by atoms with van der Waals surface area (Å²) < 4.78 is 1.73. The van der Waals surface area contributed by atoms with Crippen molar-refractivity contribution in [3.8, 4) is 5.69 Å². The van der Waals surface area contributed by atoms with E-state index in [2.05, 4.69) is 5.10 Å². The fraction of sp³-hybridized carbons (Fsp3) is 0.182. The van der Waals surface area contributed by atoms with Gasteiger partial charge in [-0.15, -0.1) is 0 Å². The van der Waals surface area contributed by atoms with Crippen LogP contribution in [0.1, 0.15) is 11.4 Å². The number of nitrogens with zero attached hydrogens (tertiary/aromatic N) is 2. The van der Waals surface area contributed by atoms with Crippen LogP contribution in [0.5, 0.6) is 0 Å². The van der Waals surface area contributed by atoms with Crippen molar-refractivity contribution in [1.29, 1.82) is 0 Å². The molecule has 0 bridgehead atoms. The van der Waals surface area contributed by atoms with E-state index in [-0.39, 0.29) is 6.61 Å². The number of para-hydroxylation sites is 1. The van der Waals surface area contributed by atoms with Crippen molar-refractivity contribution in [1.82, 2.24) is 9.78 Å². The van der Waals surface area contributed by atoms with Crippen molar-refractivity contribution in [3.63, 3.8) is 0 Å². The number of halogens is 1. The van der Waals surface area contributed by atoms with E-state index in [4.69, 9.17) is 16.7 Å². The Morgan fingerprint density at radius 3 is 2.53 bits per heavy atom. The van der Waals surface area contributed by atoms with Crippen LogP contribution in [0.2, 0.25) is 5.02 Å². The van der Waals surface area contributed by atoms with Crippen LogP contribution in [0.3, 0.4) is 0 Å². The van der Waals surface area contributed by atoms with Gasteiger partial charge < -0.3 is 5.11 Å². The minimum Gasteiger partial charge on any atom is -0.390 e. The topological polar surface area (TPSA) is 38.1 Å². The second kappa shape index (κ2) is 4.04. The van der Waals surface area contributed by atoms with Crippen LogP contribution in [-0.2, 0) is 6.61 Å². The summed E-state index contributed by atoms with van der Waals surface area (Å²) in [6, 6.07) is 9.69. The van der Waals surface area contributed by atoms with Crippen LogP contribution in [0.4, 0.5) is 0 Å². The average molecular weight is 223 g/mol. The van der Waals surface area contributed by atoms with Crippen LogP contribution in [0.25, 0.3) is 5.69 Å². The number of benzene rings is 1. The van der Waals surface area contributed by atoms with Gasteiger partial charge in [0.2, 0.25) is 0 Å². The number of aliphatic hydroxyl groups excluding tert-OH is 1. The van der Waals surface area contributed by atoms with Gasteiger partial charge >= 0.3 is 0 Å².